The van der Waals surface area contributed by atoms with Gasteiger partial charge in [0.1, 0.15) is 6.04 Å². The normalized spacial score (nSPS) is 25.8. The third kappa shape index (κ3) is 4.97. The van der Waals surface area contributed by atoms with Crippen LogP contribution in [0.5, 0.6) is 0 Å². The van der Waals surface area contributed by atoms with Gasteiger partial charge in [0.15, 0.2) is 0 Å². The average molecular weight is 299 g/mol. The largest absolute Gasteiger partial charge is 0.343 e. The van der Waals surface area contributed by atoms with Crippen LogP contribution in [-0.2, 0) is 9.59 Å². The summed E-state index contributed by atoms with van der Waals surface area (Å²) in [6, 6.07) is -1.46. The zero-order valence-electron chi connectivity index (χ0n) is 13.5. The van der Waals surface area contributed by atoms with Crippen LogP contribution in [0.15, 0.2) is 0 Å². The Morgan fingerprint density at radius 1 is 1.19 bits per heavy atom. The monoisotopic (exact) mass is 299 g/mol. The second-order valence-corrected chi connectivity index (χ2v) is 7.24. The Morgan fingerprint density at radius 2 is 1.71 bits per heavy atom. The average Bonchev–Trinajstić information content (AvgIpc) is 2.42. The summed E-state index contributed by atoms with van der Waals surface area (Å²) in [6.07, 6.45) is 3.72. The maximum absolute atomic E-state index is 12.3. The van der Waals surface area contributed by atoms with Crippen molar-refractivity contribution in [1.82, 2.24) is 10.8 Å². The Labute approximate surface area is 126 Å². The summed E-state index contributed by atoms with van der Waals surface area (Å²) in [7, 11) is 0. The van der Waals surface area contributed by atoms with Crippen LogP contribution < -0.4 is 16.5 Å². The molecule has 0 saturated heterocycles. The molecule has 2 amide bonds. The summed E-state index contributed by atoms with van der Waals surface area (Å²) in [6.45, 7) is 8.32. The van der Waals surface area contributed by atoms with Crippen molar-refractivity contribution >= 4 is 11.8 Å². The van der Waals surface area contributed by atoms with Gasteiger partial charge in [-0.2, -0.15) is 0 Å². The number of amides is 2. The summed E-state index contributed by atoms with van der Waals surface area (Å²) in [4.78, 5) is 23.8. The maximum atomic E-state index is 12.3. The molecule has 0 aromatic heterocycles. The van der Waals surface area contributed by atoms with Crippen LogP contribution in [0, 0.1) is 17.3 Å². The highest BCUT2D eigenvalue weighted by atomic mass is 16.5. The van der Waals surface area contributed by atoms with Gasteiger partial charge in [-0.25, -0.2) is 5.48 Å². The number of rotatable bonds is 4. The molecule has 122 valence electrons. The zero-order chi connectivity index (χ0) is 16.2. The van der Waals surface area contributed by atoms with Crippen LogP contribution in [0.1, 0.15) is 53.4 Å². The lowest BCUT2D eigenvalue weighted by Crippen LogP contribution is -2.56. The first-order valence-corrected chi connectivity index (χ1v) is 7.66. The highest BCUT2D eigenvalue weighted by molar-refractivity contribution is 5.88. The van der Waals surface area contributed by atoms with Gasteiger partial charge >= 0.3 is 0 Å². The number of carbonyl (C=O) groups excluding carboxylic acids is 2. The molecule has 0 spiro atoms. The fourth-order valence-corrected chi connectivity index (χ4v) is 3.00. The van der Waals surface area contributed by atoms with Crippen LogP contribution >= 0.6 is 0 Å². The molecule has 21 heavy (non-hydrogen) atoms. The van der Waals surface area contributed by atoms with Crippen molar-refractivity contribution < 1.29 is 14.8 Å². The molecule has 6 heteroatoms. The smallest absolute Gasteiger partial charge is 0.267 e. The van der Waals surface area contributed by atoms with Crippen LogP contribution in [0.2, 0.25) is 0 Å². The zero-order valence-corrected chi connectivity index (χ0v) is 13.5. The van der Waals surface area contributed by atoms with E-state index in [0.29, 0.717) is 5.92 Å². The van der Waals surface area contributed by atoms with E-state index in [1.807, 2.05) is 0 Å². The lowest BCUT2D eigenvalue weighted by Gasteiger charge is -2.36. The second kappa shape index (κ2) is 7.22. The van der Waals surface area contributed by atoms with Crippen molar-refractivity contribution in [3.05, 3.63) is 0 Å². The third-order valence-corrected chi connectivity index (χ3v) is 4.54. The van der Waals surface area contributed by atoms with Gasteiger partial charge in [0.05, 0.1) is 0 Å². The van der Waals surface area contributed by atoms with E-state index >= 15 is 0 Å². The Balaban J connectivity index is 2.55. The van der Waals surface area contributed by atoms with E-state index in [0.717, 1.165) is 25.7 Å². The van der Waals surface area contributed by atoms with E-state index < -0.39 is 18.0 Å². The molecule has 1 aliphatic carbocycles. The van der Waals surface area contributed by atoms with Crippen molar-refractivity contribution in [2.75, 3.05) is 0 Å². The first kappa shape index (κ1) is 17.9. The topological polar surface area (TPSA) is 104 Å². The van der Waals surface area contributed by atoms with Crippen molar-refractivity contribution in [1.29, 1.82) is 0 Å². The predicted octanol–water partition coefficient (Wildman–Crippen LogP) is 1.18. The number of hydrogen-bond acceptors (Lipinski definition) is 4. The van der Waals surface area contributed by atoms with Crippen molar-refractivity contribution in [2.45, 2.75) is 65.5 Å². The van der Waals surface area contributed by atoms with Gasteiger partial charge in [-0.15, -0.1) is 0 Å². The SMILES string of the molecule is C[C@@H](N)[C@H](NC(=O)C1CCC(C(C)(C)C)CC1)C(=O)NO. The Kier molecular flexibility index (Phi) is 6.16. The standard InChI is InChI=1S/C15H29N3O3/c1-9(16)12(14(20)18-21)17-13(19)10-5-7-11(8-6-10)15(2,3)4/h9-12,21H,5-8,16H2,1-4H3,(H,17,19)(H,18,20)/t9-,10?,11?,12+/m1/s1. The van der Waals surface area contributed by atoms with E-state index in [1.165, 1.54) is 0 Å². The van der Waals surface area contributed by atoms with Crippen LogP contribution in [0.25, 0.3) is 0 Å². The highest BCUT2D eigenvalue weighted by Gasteiger charge is 2.34. The molecule has 2 atom stereocenters. The summed E-state index contributed by atoms with van der Waals surface area (Å²) < 4.78 is 0. The molecule has 0 heterocycles. The van der Waals surface area contributed by atoms with E-state index in [1.54, 1.807) is 12.4 Å². The number of nitrogens with two attached hydrogens (primary N) is 1. The van der Waals surface area contributed by atoms with Gasteiger partial charge in [-0.1, -0.05) is 20.8 Å². The molecule has 0 aromatic rings. The fourth-order valence-electron chi connectivity index (χ4n) is 3.00. The Bertz CT molecular complexity index is 369. The second-order valence-electron chi connectivity index (χ2n) is 7.24. The van der Waals surface area contributed by atoms with Crippen molar-refractivity contribution in [2.24, 2.45) is 23.0 Å². The fraction of sp³-hybridized carbons (Fsp3) is 0.867. The van der Waals surface area contributed by atoms with Gasteiger partial charge in [-0.3, -0.25) is 14.8 Å². The molecular formula is C15H29N3O3. The Morgan fingerprint density at radius 3 is 2.10 bits per heavy atom. The lowest BCUT2D eigenvalue weighted by molar-refractivity contribution is -0.136. The molecule has 0 aliphatic heterocycles. The summed E-state index contributed by atoms with van der Waals surface area (Å²) in [5.41, 5.74) is 7.50. The van der Waals surface area contributed by atoms with Gasteiger partial charge in [0.25, 0.3) is 5.91 Å². The number of nitrogens with one attached hydrogen (secondary N) is 2. The van der Waals surface area contributed by atoms with Crippen LogP contribution in [-0.4, -0.2) is 29.1 Å². The lowest BCUT2D eigenvalue weighted by atomic mass is 9.69. The Hall–Kier alpha value is -1.14. The highest BCUT2D eigenvalue weighted by Crippen LogP contribution is 2.39. The third-order valence-electron chi connectivity index (χ3n) is 4.54. The minimum absolute atomic E-state index is 0.0728. The molecule has 0 bridgehead atoms. The van der Waals surface area contributed by atoms with E-state index in [4.69, 9.17) is 10.9 Å². The predicted molar refractivity (Wildman–Crippen MR) is 80.4 cm³/mol. The minimum Gasteiger partial charge on any atom is -0.343 e. The van der Waals surface area contributed by atoms with Gasteiger partial charge in [0.2, 0.25) is 5.91 Å². The van der Waals surface area contributed by atoms with Gasteiger partial charge in [0, 0.05) is 12.0 Å². The molecule has 0 aromatic carbocycles. The van der Waals surface area contributed by atoms with Gasteiger partial charge in [-0.05, 0) is 43.9 Å². The quantitative estimate of drug-likeness (QED) is 0.462. The molecule has 6 nitrogen and oxygen atoms in total. The minimum atomic E-state index is -0.900. The summed E-state index contributed by atoms with van der Waals surface area (Å²) >= 11 is 0. The number of hydrogen-bond donors (Lipinski definition) is 4. The van der Waals surface area contributed by atoms with Gasteiger partial charge < -0.3 is 11.1 Å². The molecular weight excluding hydrogens is 270 g/mol. The summed E-state index contributed by atoms with van der Waals surface area (Å²) in [5.74, 6) is -0.266. The van der Waals surface area contributed by atoms with Crippen LogP contribution in [0.4, 0.5) is 0 Å². The maximum Gasteiger partial charge on any atom is 0.267 e. The molecule has 1 rings (SSSR count). The van der Waals surface area contributed by atoms with Crippen molar-refractivity contribution in [3.63, 3.8) is 0 Å². The molecule has 1 saturated carbocycles. The molecule has 1 aliphatic rings. The molecule has 0 unspecified atom stereocenters. The summed E-state index contributed by atoms with van der Waals surface area (Å²) in [5, 5.41) is 11.3. The van der Waals surface area contributed by atoms with Crippen LogP contribution in [0.3, 0.4) is 0 Å². The van der Waals surface area contributed by atoms with E-state index in [-0.39, 0.29) is 17.2 Å². The number of carbonyl (C=O) groups is 2. The molecule has 0 radical (unpaired) electrons. The first-order chi connectivity index (χ1) is 9.66. The van der Waals surface area contributed by atoms with E-state index in [2.05, 4.69) is 26.1 Å². The molecule has 5 N–H and O–H groups in total. The van der Waals surface area contributed by atoms with E-state index in [9.17, 15) is 9.59 Å². The molecule has 1 fully saturated rings. The first-order valence-electron chi connectivity index (χ1n) is 7.66. The number of hydroxylamine groups is 1. The van der Waals surface area contributed by atoms with Crippen molar-refractivity contribution in [3.8, 4) is 0 Å².